The van der Waals surface area contributed by atoms with Crippen molar-refractivity contribution in [1.29, 1.82) is 0 Å². The molecule has 0 spiro atoms. The Balaban J connectivity index is 1.42. The molecule has 8 nitrogen and oxygen atoms in total. The van der Waals surface area contributed by atoms with Gasteiger partial charge in [-0.1, -0.05) is 0 Å². The summed E-state index contributed by atoms with van der Waals surface area (Å²) >= 11 is 0. The van der Waals surface area contributed by atoms with Crippen molar-refractivity contribution in [3.8, 4) is 0 Å². The number of carbonyl (C=O) groups is 1. The first-order valence-electron chi connectivity index (χ1n) is 9.93. The minimum absolute atomic E-state index is 0.0414. The maximum absolute atomic E-state index is 12.6. The van der Waals surface area contributed by atoms with Crippen LogP contribution in [0.2, 0.25) is 0 Å². The SMILES string of the molecule is Cc1ncnc(N2CCN(C(=O)NC(C)CCN3CCOCC3)CC2)c1C. The molecule has 0 saturated carbocycles. The number of carbonyl (C=O) groups excluding carboxylic acids is 1. The molecule has 1 aromatic rings. The molecule has 2 aliphatic heterocycles. The highest BCUT2D eigenvalue weighted by atomic mass is 16.5. The van der Waals surface area contributed by atoms with Crippen LogP contribution in [-0.4, -0.2) is 90.9 Å². The summed E-state index contributed by atoms with van der Waals surface area (Å²) in [6.07, 6.45) is 2.58. The minimum Gasteiger partial charge on any atom is -0.379 e. The lowest BCUT2D eigenvalue weighted by Crippen LogP contribution is -2.53. The number of nitrogens with zero attached hydrogens (tertiary/aromatic N) is 5. The number of morpholine rings is 1. The molecule has 3 heterocycles. The van der Waals surface area contributed by atoms with Crippen LogP contribution in [0.4, 0.5) is 10.6 Å². The number of aryl methyl sites for hydroxylation is 1. The Kier molecular flexibility index (Phi) is 6.84. The van der Waals surface area contributed by atoms with E-state index in [-0.39, 0.29) is 12.1 Å². The highest BCUT2D eigenvalue weighted by Gasteiger charge is 2.24. The smallest absolute Gasteiger partial charge is 0.317 e. The van der Waals surface area contributed by atoms with Gasteiger partial charge in [-0.3, -0.25) is 4.90 Å². The van der Waals surface area contributed by atoms with Crippen molar-refractivity contribution >= 4 is 11.8 Å². The van der Waals surface area contributed by atoms with Crippen molar-refractivity contribution in [3.63, 3.8) is 0 Å². The quantitative estimate of drug-likeness (QED) is 0.828. The lowest BCUT2D eigenvalue weighted by atomic mass is 10.2. The molecule has 0 aliphatic carbocycles. The van der Waals surface area contributed by atoms with E-state index in [1.807, 2.05) is 11.8 Å². The summed E-state index contributed by atoms with van der Waals surface area (Å²) in [6, 6.07) is 0.213. The molecule has 3 rings (SSSR count). The molecule has 2 amide bonds. The summed E-state index contributed by atoms with van der Waals surface area (Å²) in [4.78, 5) is 27.8. The van der Waals surface area contributed by atoms with Crippen molar-refractivity contribution in [2.24, 2.45) is 0 Å². The standard InChI is InChI=1S/C19H32N6O2/c1-15(4-5-23-10-12-27-13-11-23)22-19(26)25-8-6-24(7-9-25)18-16(2)17(3)20-14-21-18/h14-15H,4-13H2,1-3H3,(H,22,26). The number of amides is 2. The molecule has 1 N–H and O–H groups in total. The van der Waals surface area contributed by atoms with Gasteiger partial charge in [0.1, 0.15) is 12.1 Å². The monoisotopic (exact) mass is 376 g/mol. The molecule has 1 atom stereocenters. The fourth-order valence-corrected chi connectivity index (χ4v) is 3.54. The number of piperazine rings is 1. The number of nitrogens with one attached hydrogen (secondary N) is 1. The molecule has 0 aromatic carbocycles. The number of hydrogen-bond acceptors (Lipinski definition) is 6. The molecule has 0 bridgehead atoms. The summed E-state index contributed by atoms with van der Waals surface area (Å²) in [6.45, 7) is 13.8. The molecular weight excluding hydrogens is 344 g/mol. The Morgan fingerprint density at radius 2 is 1.85 bits per heavy atom. The zero-order valence-corrected chi connectivity index (χ0v) is 16.8. The van der Waals surface area contributed by atoms with E-state index in [4.69, 9.17) is 4.74 Å². The maximum atomic E-state index is 12.6. The number of ether oxygens (including phenoxy) is 1. The van der Waals surface area contributed by atoms with E-state index in [1.165, 1.54) is 0 Å². The Morgan fingerprint density at radius 1 is 1.15 bits per heavy atom. The number of urea groups is 1. The van der Waals surface area contributed by atoms with Crippen LogP contribution >= 0.6 is 0 Å². The van der Waals surface area contributed by atoms with Gasteiger partial charge in [0.25, 0.3) is 0 Å². The lowest BCUT2D eigenvalue weighted by molar-refractivity contribution is 0.0364. The first-order chi connectivity index (χ1) is 13.0. The fourth-order valence-electron chi connectivity index (χ4n) is 3.54. The average Bonchev–Trinajstić information content (AvgIpc) is 2.69. The third kappa shape index (κ3) is 5.29. The number of aromatic nitrogens is 2. The van der Waals surface area contributed by atoms with Gasteiger partial charge in [-0.15, -0.1) is 0 Å². The molecule has 1 aromatic heterocycles. The molecule has 8 heteroatoms. The van der Waals surface area contributed by atoms with Gasteiger partial charge in [0.15, 0.2) is 0 Å². The first-order valence-corrected chi connectivity index (χ1v) is 9.93. The number of hydrogen-bond donors (Lipinski definition) is 1. The number of anilines is 1. The lowest BCUT2D eigenvalue weighted by Gasteiger charge is -2.36. The van der Waals surface area contributed by atoms with E-state index >= 15 is 0 Å². The Bertz CT molecular complexity index is 627. The molecular formula is C19H32N6O2. The van der Waals surface area contributed by atoms with Crippen LogP contribution in [-0.2, 0) is 4.74 Å². The Labute approximate surface area is 161 Å². The summed E-state index contributed by atoms with van der Waals surface area (Å²) in [5.41, 5.74) is 2.13. The van der Waals surface area contributed by atoms with Gasteiger partial charge in [-0.05, 0) is 27.2 Å². The summed E-state index contributed by atoms with van der Waals surface area (Å²) in [5, 5.41) is 3.15. The predicted octanol–water partition coefficient (Wildman–Crippen LogP) is 1.04. The van der Waals surface area contributed by atoms with E-state index in [0.717, 1.165) is 69.4 Å². The molecule has 2 aliphatic rings. The third-order valence-electron chi connectivity index (χ3n) is 5.53. The predicted molar refractivity (Wildman–Crippen MR) is 105 cm³/mol. The van der Waals surface area contributed by atoms with Crippen LogP contribution in [0.1, 0.15) is 24.6 Å². The maximum Gasteiger partial charge on any atom is 0.317 e. The van der Waals surface area contributed by atoms with Gasteiger partial charge in [-0.25, -0.2) is 14.8 Å². The molecule has 2 fully saturated rings. The second kappa shape index (κ2) is 9.32. The normalized spacial score (nSPS) is 19.8. The van der Waals surface area contributed by atoms with Crippen LogP contribution in [0.3, 0.4) is 0 Å². The molecule has 0 radical (unpaired) electrons. The zero-order valence-electron chi connectivity index (χ0n) is 16.8. The Morgan fingerprint density at radius 3 is 2.56 bits per heavy atom. The molecule has 27 heavy (non-hydrogen) atoms. The Hall–Kier alpha value is -1.93. The third-order valence-corrected chi connectivity index (χ3v) is 5.53. The van der Waals surface area contributed by atoms with Gasteiger partial charge in [0.05, 0.1) is 13.2 Å². The second-order valence-corrected chi connectivity index (χ2v) is 7.48. The van der Waals surface area contributed by atoms with E-state index in [2.05, 4.69) is 38.9 Å². The average molecular weight is 377 g/mol. The highest BCUT2D eigenvalue weighted by Crippen LogP contribution is 2.19. The van der Waals surface area contributed by atoms with Crippen molar-refractivity contribution in [2.45, 2.75) is 33.2 Å². The van der Waals surface area contributed by atoms with Crippen molar-refractivity contribution in [2.75, 3.05) is 63.9 Å². The zero-order chi connectivity index (χ0) is 19.2. The largest absolute Gasteiger partial charge is 0.379 e. The van der Waals surface area contributed by atoms with Crippen LogP contribution in [0.5, 0.6) is 0 Å². The molecule has 1 unspecified atom stereocenters. The summed E-state index contributed by atoms with van der Waals surface area (Å²) < 4.78 is 5.37. The molecule has 2 saturated heterocycles. The highest BCUT2D eigenvalue weighted by molar-refractivity contribution is 5.74. The molecule has 150 valence electrons. The minimum atomic E-state index is 0.0414. The van der Waals surface area contributed by atoms with Crippen molar-refractivity contribution in [3.05, 3.63) is 17.6 Å². The van der Waals surface area contributed by atoms with Crippen molar-refractivity contribution < 1.29 is 9.53 Å². The van der Waals surface area contributed by atoms with Crippen LogP contribution in [0.15, 0.2) is 6.33 Å². The van der Waals surface area contributed by atoms with Crippen LogP contribution in [0.25, 0.3) is 0 Å². The van der Waals surface area contributed by atoms with Crippen LogP contribution in [0, 0.1) is 13.8 Å². The summed E-state index contributed by atoms with van der Waals surface area (Å²) in [5.74, 6) is 0.987. The van der Waals surface area contributed by atoms with E-state index in [1.54, 1.807) is 6.33 Å². The van der Waals surface area contributed by atoms with Gasteiger partial charge < -0.3 is 19.9 Å². The summed E-state index contributed by atoms with van der Waals surface area (Å²) in [7, 11) is 0. The second-order valence-electron chi connectivity index (χ2n) is 7.48. The number of rotatable bonds is 5. The first kappa shape index (κ1) is 19.8. The van der Waals surface area contributed by atoms with E-state index in [0.29, 0.717) is 13.1 Å². The van der Waals surface area contributed by atoms with Gasteiger partial charge in [0, 0.05) is 63.1 Å². The van der Waals surface area contributed by atoms with E-state index < -0.39 is 0 Å². The topological polar surface area (TPSA) is 73.8 Å². The van der Waals surface area contributed by atoms with Crippen LogP contribution < -0.4 is 10.2 Å². The van der Waals surface area contributed by atoms with Crippen molar-refractivity contribution in [1.82, 2.24) is 25.1 Å². The fraction of sp³-hybridized carbons (Fsp3) is 0.737. The van der Waals surface area contributed by atoms with Gasteiger partial charge in [-0.2, -0.15) is 0 Å². The van der Waals surface area contributed by atoms with Gasteiger partial charge in [0.2, 0.25) is 0 Å². The van der Waals surface area contributed by atoms with Gasteiger partial charge >= 0.3 is 6.03 Å². The van der Waals surface area contributed by atoms with E-state index in [9.17, 15) is 4.79 Å².